The Bertz CT molecular complexity index is 756. The lowest BCUT2D eigenvalue weighted by Crippen LogP contribution is -2.36. The van der Waals surface area contributed by atoms with Gasteiger partial charge in [0.25, 0.3) is 0 Å². The van der Waals surface area contributed by atoms with Crippen molar-refractivity contribution in [2.24, 2.45) is 0 Å². The van der Waals surface area contributed by atoms with Crippen LogP contribution in [0, 0.1) is 0 Å². The van der Waals surface area contributed by atoms with Gasteiger partial charge in [0.05, 0.1) is 18.3 Å². The summed E-state index contributed by atoms with van der Waals surface area (Å²) in [7, 11) is 0. The summed E-state index contributed by atoms with van der Waals surface area (Å²) >= 11 is 2.67. The molecule has 1 aliphatic rings. The van der Waals surface area contributed by atoms with E-state index in [1.165, 1.54) is 28.5 Å². The van der Waals surface area contributed by atoms with Crippen LogP contribution in [0.15, 0.2) is 21.9 Å². The molecule has 2 heterocycles. The predicted molar refractivity (Wildman–Crippen MR) is 120 cm³/mol. The van der Waals surface area contributed by atoms with Crippen LogP contribution in [-0.4, -0.2) is 68.9 Å². The zero-order chi connectivity index (χ0) is 22.9. The fraction of sp³-hybridized carbons (Fsp3) is 0.667. The molecule has 1 aromatic rings. The molecule has 10 heteroatoms. The third-order valence-electron chi connectivity index (χ3n) is 5.11. The van der Waals surface area contributed by atoms with E-state index in [9.17, 15) is 19.1 Å². The van der Waals surface area contributed by atoms with Crippen molar-refractivity contribution < 1.29 is 28.9 Å². The molecule has 3 unspecified atom stereocenters. The van der Waals surface area contributed by atoms with Gasteiger partial charge in [0.2, 0.25) is 0 Å². The summed E-state index contributed by atoms with van der Waals surface area (Å²) in [6.45, 7) is 3.78. The number of carboxylic acids is 1. The van der Waals surface area contributed by atoms with Gasteiger partial charge in [-0.1, -0.05) is 43.2 Å². The number of carbonyl (C=O) groups excluding carboxylic acids is 1. The first-order valence-electron chi connectivity index (χ1n) is 10.5. The zero-order valence-electron chi connectivity index (χ0n) is 18.0. The minimum atomic E-state index is -1.05. The van der Waals surface area contributed by atoms with E-state index < -0.39 is 11.6 Å². The second kappa shape index (κ2) is 12.4. The van der Waals surface area contributed by atoms with Gasteiger partial charge in [0.1, 0.15) is 6.10 Å². The van der Waals surface area contributed by atoms with Crippen LogP contribution in [0.2, 0.25) is 0 Å². The first-order chi connectivity index (χ1) is 14.7. The molecule has 0 spiro atoms. The van der Waals surface area contributed by atoms with Crippen molar-refractivity contribution in [3.8, 4) is 0 Å². The SMILES string of the molecule is CC1OC(=O)N(CCSc2nc(C(=O)O)cs2)C1C=CCC(C)(O)CCCCCCF. The molecule has 3 atom stereocenters. The Morgan fingerprint density at radius 2 is 2.16 bits per heavy atom. The molecule has 7 nitrogen and oxygen atoms in total. The number of alkyl halides is 1. The molecular formula is C21H31FN2O5S2. The Balaban J connectivity index is 1.82. The van der Waals surface area contributed by atoms with Crippen LogP contribution in [0.3, 0.4) is 0 Å². The summed E-state index contributed by atoms with van der Waals surface area (Å²) in [6.07, 6.45) is 7.41. The lowest BCUT2D eigenvalue weighted by molar-refractivity contribution is 0.0509. The van der Waals surface area contributed by atoms with E-state index in [4.69, 9.17) is 9.84 Å². The summed E-state index contributed by atoms with van der Waals surface area (Å²) in [5.41, 5.74) is -0.816. The Kier molecular flexibility index (Phi) is 10.2. The average molecular weight is 475 g/mol. The quantitative estimate of drug-likeness (QED) is 0.228. The molecule has 2 N–H and O–H groups in total. The number of aromatic nitrogens is 1. The molecule has 0 aromatic carbocycles. The van der Waals surface area contributed by atoms with Crippen LogP contribution < -0.4 is 0 Å². The molecule has 0 saturated carbocycles. The molecule has 1 saturated heterocycles. The number of aromatic carboxylic acids is 1. The number of unbranched alkanes of at least 4 members (excludes halogenated alkanes) is 3. The summed E-state index contributed by atoms with van der Waals surface area (Å²) in [6, 6.07) is -0.223. The molecule has 1 aliphatic heterocycles. The lowest BCUT2D eigenvalue weighted by Gasteiger charge is -2.23. The van der Waals surface area contributed by atoms with Crippen molar-refractivity contribution in [1.29, 1.82) is 0 Å². The van der Waals surface area contributed by atoms with Gasteiger partial charge in [-0.05, 0) is 33.1 Å². The van der Waals surface area contributed by atoms with Crippen LogP contribution >= 0.6 is 23.1 Å². The maximum atomic E-state index is 12.2. The first kappa shape index (κ1) is 25.6. The minimum absolute atomic E-state index is 0.0250. The molecular weight excluding hydrogens is 443 g/mol. The lowest BCUT2D eigenvalue weighted by atomic mass is 9.94. The zero-order valence-corrected chi connectivity index (χ0v) is 19.6. The number of thiazole rings is 1. The Labute approximate surface area is 190 Å². The van der Waals surface area contributed by atoms with Crippen molar-refractivity contribution in [3.63, 3.8) is 0 Å². The Morgan fingerprint density at radius 3 is 2.84 bits per heavy atom. The fourth-order valence-corrected chi connectivity index (χ4v) is 5.15. The van der Waals surface area contributed by atoms with Gasteiger partial charge in [-0.15, -0.1) is 11.3 Å². The van der Waals surface area contributed by atoms with E-state index in [0.29, 0.717) is 35.9 Å². The highest BCUT2D eigenvalue weighted by Gasteiger charge is 2.37. The summed E-state index contributed by atoms with van der Waals surface area (Å²) in [5.74, 6) is -0.490. The van der Waals surface area contributed by atoms with E-state index in [1.807, 2.05) is 19.1 Å². The molecule has 0 bridgehead atoms. The maximum Gasteiger partial charge on any atom is 0.410 e. The molecule has 2 rings (SSSR count). The van der Waals surface area contributed by atoms with Gasteiger partial charge in [-0.3, -0.25) is 9.29 Å². The van der Waals surface area contributed by atoms with Gasteiger partial charge in [-0.25, -0.2) is 14.6 Å². The molecule has 174 valence electrons. The maximum absolute atomic E-state index is 12.2. The van der Waals surface area contributed by atoms with Gasteiger partial charge in [0.15, 0.2) is 10.0 Å². The Morgan fingerprint density at radius 1 is 1.42 bits per heavy atom. The van der Waals surface area contributed by atoms with Crippen molar-refractivity contribution in [2.45, 2.75) is 74.5 Å². The minimum Gasteiger partial charge on any atom is -0.476 e. The molecule has 0 radical (unpaired) electrons. The number of nitrogens with zero attached hydrogens (tertiary/aromatic N) is 2. The smallest absolute Gasteiger partial charge is 0.410 e. The molecule has 0 aliphatic carbocycles. The number of amides is 1. The number of carboxylic acid groups (broad SMARTS) is 1. The van der Waals surface area contributed by atoms with E-state index in [-0.39, 0.29) is 30.6 Å². The molecule has 31 heavy (non-hydrogen) atoms. The third-order valence-corrected chi connectivity index (χ3v) is 7.11. The summed E-state index contributed by atoms with van der Waals surface area (Å²) < 4.78 is 18.1. The van der Waals surface area contributed by atoms with Crippen LogP contribution in [0.25, 0.3) is 0 Å². The highest BCUT2D eigenvalue weighted by Crippen LogP contribution is 2.26. The largest absolute Gasteiger partial charge is 0.476 e. The molecule has 1 aromatic heterocycles. The van der Waals surface area contributed by atoms with Gasteiger partial charge in [-0.2, -0.15) is 0 Å². The van der Waals surface area contributed by atoms with E-state index in [0.717, 1.165) is 19.3 Å². The normalized spacial score (nSPS) is 20.9. The van der Waals surface area contributed by atoms with Crippen LogP contribution in [0.1, 0.15) is 62.9 Å². The number of hydrogen-bond acceptors (Lipinski definition) is 7. The number of ether oxygens (including phenoxy) is 1. The van der Waals surface area contributed by atoms with E-state index in [2.05, 4.69) is 4.98 Å². The third kappa shape index (κ3) is 8.42. The van der Waals surface area contributed by atoms with Crippen molar-refractivity contribution in [2.75, 3.05) is 19.0 Å². The van der Waals surface area contributed by atoms with Crippen molar-refractivity contribution in [1.82, 2.24) is 9.88 Å². The second-order valence-corrected chi connectivity index (χ2v) is 10.1. The van der Waals surface area contributed by atoms with Crippen LogP contribution in [-0.2, 0) is 4.74 Å². The number of thioether (sulfide) groups is 1. The average Bonchev–Trinajstić information content (AvgIpc) is 3.27. The van der Waals surface area contributed by atoms with Crippen LogP contribution in [0.4, 0.5) is 9.18 Å². The molecule has 1 fully saturated rings. The van der Waals surface area contributed by atoms with Crippen molar-refractivity contribution in [3.05, 3.63) is 23.2 Å². The topological polar surface area (TPSA) is 100.0 Å². The monoisotopic (exact) mass is 474 g/mol. The number of hydrogen-bond donors (Lipinski definition) is 2. The Hall–Kier alpha value is -1.65. The number of halogens is 1. The van der Waals surface area contributed by atoms with E-state index in [1.54, 1.807) is 11.8 Å². The van der Waals surface area contributed by atoms with Crippen molar-refractivity contribution >= 4 is 35.2 Å². The van der Waals surface area contributed by atoms with Gasteiger partial charge >= 0.3 is 12.1 Å². The number of rotatable bonds is 14. The highest BCUT2D eigenvalue weighted by atomic mass is 32.2. The second-order valence-electron chi connectivity index (χ2n) is 7.91. The first-order valence-corrected chi connectivity index (χ1v) is 12.3. The molecule has 1 amide bonds. The number of carbonyl (C=O) groups is 2. The highest BCUT2D eigenvalue weighted by molar-refractivity contribution is 8.01. The van der Waals surface area contributed by atoms with Gasteiger partial charge in [0, 0.05) is 17.7 Å². The summed E-state index contributed by atoms with van der Waals surface area (Å²) in [4.78, 5) is 28.8. The van der Waals surface area contributed by atoms with Crippen LogP contribution in [0.5, 0.6) is 0 Å². The van der Waals surface area contributed by atoms with Gasteiger partial charge < -0.3 is 14.9 Å². The standard InChI is InChI=1S/C21H31FN2O5S2/c1-15-17(8-7-10-21(2,28)9-5-3-4-6-11-22)24(20(27)29-15)12-13-30-19-23-16(14-31-19)18(25)26/h7-8,14-15,17,28H,3-6,9-13H2,1-2H3,(H,25,26). The summed E-state index contributed by atoms with van der Waals surface area (Å²) in [5, 5.41) is 21.0. The number of aliphatic hydroxyl groups is 1. The predicted octanol–water partition coefficient (Wildman–Crippen LogP) is 4.76. The fourth-order valence-electron chi connectivity index (χ4n) is 3.34. The van der Waals surface area contributed by atoms with E-state index >= 15 is 0 Å². The number of cyclic esters (lactones) is 1.